The Kier molecular flexibility index (Phi) is 6.41. The molecular formula is C24H26ClF2NO2. The lowest BCUT2D eigenvalue weighted by molar-refractivity contribution is -0.158. The highest BCUT2D eigenvalue weighted by Gasteiger charge is 2.33. The first-order chi connectivity index (χ1) is 14.1. The van der Waals surface area contributed by atoms with Crippen LogP contribution in [0.15, 0.2) is 60.2 Å². The third-order valence-electron chi connectivity index (χ3n) is 4.78. The summed E-state index contributed by atoms with van der Waals surface area (Å²) in [7, 11) is 0. The van der Waals surface area contributed by atoms with Gasteiger partial charge < -0.3 is 14.8 Å². The molecule has 1 aliphatic rings. The molecule has 0 radical (unpaired) electrons. The van der Waals surface area contributed by atoms with Crippen molar-refractivity contribution in [2.45, 2.75) is 45.8 Å². The normalized spacial score (nSPS) is 18.4. The SMILES string of the molecule is CC(C)=C(NC[C@]1(C)CC=C(c2ccc(Cl)c(OC(C)(F)F)c2)O1)c1ccccc1. The molecule has 0 spiro atoms. The molecule has 0 bridgehead atoms. The van der Waals surface area contributed by atoms with Gasteiger partial charge in [-0.1, -0.05) is 47.5 Å². The number of nitrogens with one attached hydrogen (secondary N) is 1. The highest BCUT2D eigenvalue weighted by atomic mass is 35.5. The van der Waals surface area contributed by atoms with E-state index in [1.54, 1.807) is 6.07 Å². The molecule has 2 aromatic rings. The quantitative estimate of drug-likeness (QED) is 0.515. The van der Waals surface area contributed by atoms with Gasteiger partial charge in [-0.3, -0.25) is 0 Å². The van der Waals surface area contributed by atoms with Gasteiger partial charge in [0.25, 0.3) is 0 Å². The first-order valence-electron chi connectivity index (χ1n) is 9.79. The van der Waals surface area contributed by atoms with Crippen LogP contribution in [0.1, 0.15) is 45.2 Å². The number of halogens is 3. The molecule has 1 aliphatic heterocycles. The fraction of sp³-hybridized carbons (Fsp3) is 0.333. The number of hydrogen-bond acceptors (Lipinski definition) is 3. The fourth-order valence-corrected chi connectivity index (χ4v) is 3.47. The molecule has 3 nitrogen and oxygen atoms in total. The van der Waals surface area contributed by atoms with Crippen LogP contribution >= 0.6 is 11.6 Å². The van der Waals surface area contributed by atoms with Gasteiger partial charge in [0.1, 0.15) is 17.1 Å². The minimum absolute atomic E-state index is 0.0752. The summed E-state index contributed by atoms with van der Waals surface area (Å²) in [6.07, 6.45) is -0.670. The monoisotopic (exact) mass is 433 g/mol. The largest absolute Gasteiger partial charge is 0.485 e. The van der Waals surface area contributed by atoms with E-state index in [0.717, 1.165) is 11.3 Å². The number of allylic oxidation sites excluding steroid dienone is 1. The van der Waals surface area contributed by atoms with Gasteiger partial charge in [-0.15, -0.1) is 0 Å². The highest BCUT2D eigenvalue weighted by molar-refractivity contribution is 6.32. The Morgan fingerprint density at radius 1 is 1.20 bits per heavy atom. The maximum absolute atomic E-state index is 13.3. The summed E-state index contributed by atoms with van der Waals surface area (Å²) >= 11 is 6.00. The Hall–Kier alpha value is -2.53. The maximum Gasteiger partial charge on any atom is 0.394 e. The summed E-state index contributed by atoms with van der Waals surface area (Å²) in [5, 5.41) is 3.64. The molecule has 160 valence electrons. The first-order valence-corrected chi connectivity index (χ1v) is 10.2. The molecule has 0 unspecified atom stereocenters. The Bertz CT molecular complexity index is 963. The molecule has 1 N–H and O–H groups in total. The smallest absolute Gasteiger partial charge is 0.394 e. The molecule has 0 aromatic heterocycles. The lowest BCUT2D eigenvalue weighted by Gasteiger charge is -2.28. The fourth-order valence-electron chi connectivity index (χ4n) is 3.32. The van der Waals surface area contributed by atoms with Gasteiger partial charge >= 0.3 is 6.11 Å². The van der Waals surface area contributed by atoms with Crippen LogP contribution in [0.2, 0.25) is 5.02 Å². The molecule has 30 heavy (non-hydrogen) atoms. The number of rotatable bonds is 7. The Morgan fingerprint density at radius 3 is 2.53 bits per heavy atom. The second-order valence-electron chi connectivity index (χ2n) is 7.97. The predicted molar refractivity (Wildman–Crippen MR) is 117 cm³/mol. The summed E-state index contributed by atoms with van der Waals surface area (Å²) in [6.45, 7) is 7.42. The minimum atomic E-state index is -3.32. The molecule has 0 aliphatic carbocycles. The molecule has 0 amide bonds. The Morgan fingerprint density at radius 2 is 1.90 bits per heavy atom. The minimum Gasteiger partial charge on any atom is -0.485 e. The zero-order chi connectivity index (χ0) is 21.9. The second kappa shape index (κ2) is 8.68. The van der Waals surface area contributed by atoms with Gasteiger partial charge in [-0.2, -0.15) is 8.78 Å². The molecule has 6 heteroatoms. The topological polar surface area (TPSA) is 30.5 Å². The van der Waals surface area contributed by atoms with Crippen molar-refractivity contribution >= 4 is 23.1 Å². The number of hydrogen-bond donors (Lipinski definition) is 1. The summed E-state index contributed by atoms with van der Waals surface area (Å²) in [5.74, 6) is 0.549. The third-order valence-corrected chi connectivity index (χ3v) is 5.09. The lowest BCUT2D eigenvalue weighted by atomic mass is 10.0. The van der Waals surface area contributed by atoms with Crippen molar-refractivity contribution < 1.29 is 18.3 Å². The first kappa shape index (κ1) is 22.2. The third kappa shape index (κ3) is 5.54. The van der Waals surface area contributed by atoms with Gasteiger partial charge in [-0.25, -0.2) is 0 Å². The number of ether oxygens (including phenoxy) is 2. The van der Waals surface area contributed by atoms with Crippen molar-refractivity contribution in [3.05, 3.63) is 76.3 Å². The zero-order valence-electron chi connectivity index (χ0n) is 17.6. The average molecular weight is 434 g/mol. The zero-order valence-corrected chi connectivity index (χ0v) is 18.3. The van der Waals surface area contributed by atoms with E-state index >= 15 is 0 Å². The molecule has 3 rings (SSSR count). The molecule has 2 aromatic carbocycles. The Balaban J connectivity index is 1.71. The van der Waals surface area contributed by atoms with Crippen LogP contribution in [-0.2, 0) is 4.74 Å². The Labute approximate surface area is 181 Å². The van der Waals surface area contributed by atoms with Crippen molar-refractivity contribution in [3.63, 3.8) is 0 Å². The van der Waals surface area contributed by atoms with E-state index in [-0.39, 0.29) is 10.8 Å². The molecule has 0 saturated heterocycles. The van der Waals surface area contributed by atoms with E-state index in [0.29, 0.717) is 31.2 Å². The average Bonchev–Trinajstić information content (AvgIpc) is 3.05. The van der Waals surface area contributed by atoms with Crippen molar-refractivity contribution in [2.24, 2.45) is 0 Å². The van der Waals surface area contributed by atoms with E-state index in [9.17, 15) is 8.78 Å². The van der Waals surface area contributed by atoms with E-state index in [1.807, 2.05) is 31.2 Å². The van der Waals surface area contributed by atoms with Crippen LogP contribution in [0, 0.1) is 0 Å². The standard InChI is InChI=1S/C24H26ClF2NO2/c1-16(2)22(17-8-6-5-7-9-17)28-15-23(3)13-12-20(29-23)18-10-11-19(25)21(14-18)30-24(4,26)27/h5-12,14,28H,13,15H2,1-4H3/t23-/m0/s1. The molecule has 0 saturated carbocycles. The number of benzene rings is 2. The van der Waals surface area contributed by atoms with Crippen LogP contribution < -0.4 is 10.1 Å². The van der Waals surface area contributed by atoms with E-state index in [2.05, 4.69) is 36.0 Å². The summed E-state index contributed by atoms with van der Waals surface area (Å²) in [6, 6.07) is 14.9. The van der Waals surface area contributed by atoms with Gasteiger partial charge in [0.05, 0.1) is 11.6 Å². The van der Waals surface area contributed by atoms with Crippen LogP contribution in [0.3, 0.4) is 0 Å². The summed E-state index contributed by atoms with van der Waals surface area (Å²) in [4.78, 5) is 0. The van der Waals surface area contributed by atoms with Crippen molar-refractivity contribution in [2.75, 3.05) is 6.54 Å². The second-order valence-corrected chi connectivity index (χ2v) is 8.38. The van der Waals surface area contributed by atoms with Gasteiger partial charge in [0.15, 0.2) is 0 Å². The highest BCUT2D eigenvalue weighted by Crippen LogP contribution is 2.38. The summed E-state index contributed by atoms with van der Waals surface area (Å²) in [5.41, 5.74) is 3.54. The van der Waals surface area contributed by atoms with E-state index < -0.39 is 11.7 Å². The van der Waals surface area contributed by atoms with Crippen molar-refractivity contribution in [3.8, 4) is 5.75 Å². The summed E-state index contributed by atoms with van der Waals surface area (Å²) < 4.78 is 37.4. The van der Waals surface area contributed by atoms with Gasteiger partial charge in [-0.05, 0) is 50.6 Å². The lowest BCUT2D eigenvalue weighted by Crippen LogP contribution is -2.37. The molecule has 0 fully saturated rings. The van der Waals surface area contributed by atoms with Crippen LogP contribution in [-0.4, -0.2) is 18.3 Å². The molecular weight excluding hydrogens is 408 g/mol. The van der Waals surface area contributed by atoms with Gasteiger partial charge in [0, 0.05) is 24.6 Å². The molecule has 1 atom stereocenters. The number of alkyl halides is 2. The van der Waals surface area contributed by atoms with Crippen LogP contribution in [0.5, 0.6) is 5.75 Å². The van der Waals surface area contributed by atoms with Crippen molar-refractivity contribution in [1.82, 2.24) is 5.32 Å². The van der Waals surface area contributed by atoms with Gasteiger partial charge in [0.2, 0.25) is 0 Å². The maximum atomic E-state index is 13.3. The van der Waals surface area contributed by atoms with Crippen LogP contribution in [0.25, 0.3) is 11.5 Å². The van der Waals surface area contributed by atoms with Crippen LogP contribution in [0.4, 0.5) is 8.78 Å². The van der Waals surface area contributed by atoms with E-state index in [4.69, 9.17) is 16.3 Å². The van der Waals surface area contributed by atoms with E-state index in [1.165, 1.54) is 17.7 Å². The van der Waals surface area contributed by atoms with Crippen molar-refractivity contribution in [1.29, 1.82) is 0 Å². The predicted octanol–water partition coefficient (Wildman–Crippen LogP) is 6.89. The molecule has 1 heterocycles.